The Morgan fingerprint density at radius 2 is 1.60 bits per heavy atom. The lowest BCUT2D eigenvalue weighted by molar-refractivity contribution is 0.324. The fourth-order valence-corrected chi connectivity index (χ4v) is 3.62. The largest absolute Gasteiger partial charge is 0.296 e. The van der Waals surface area contributed by atoms with Crippen molar-refractivity contribution in [2.75, 3.05) is 6.61 Å². The van der Waals surface area contributed by atoms with Crippen molar-refractivity contribution in [3.05, 3.63) is 41.5 Å². The highest BCUT2D eigenvalue weighted by atomic mass is 32.2. The van der Waals surface area contributed by atoms with Crippen molar-refractivity contribution in [1.82, 2.24) is 0 Å². The normalized spacial score (nSPS) is 12.5. The fraction of sp³-hybridized carbons (Fsp3) is 0.619. The number of rotatable bonds is 13. The standard InChI is InChI=1S/C21H34O3S/c1-4-5-6-7-8-9-10-12-19(2)13-11-18-24-25(22,23)21-16-14-20(3)15-17-21/h13-17H,4-12,18H2,1-3H3/b19-13+. The van der Waals surface area contributed by atoms with Gasteiger partial charge in [0.25, 0.3) is 10.1 Å². The quantitative estimate of drug-likeness (QED) is 0.238. The summed E-state index contributed by atoms with van der Waals surface area (Å²) in [4.78, 5) is 0.224. The molecule has 0 N–H and O–H groups in total. The predicted octanol–water partition coefficient (Wildman–Crippen LogP) is 6.18. The van der Waals surface area contributed by atoms with E-state index in [1.165, 1.54) is 50.5 Å². The summed E-state index contributed by atoms with van der Waals surface area (Å²) in [5.74, 6) is 0. The Labute approximate surface area is 154 Å². The first-order valence-electron chi connectivity index (χ1n) is 9.57. The molecule has 1 aromatic carbocycles. The minimum Gasteiger partial charge on any atom is -0.266 e. The van der Waals surface area contributed by atoms with Gasteiger partial charge in [0.2, 0.25) is 0 Å². The zero-order valence-electron chi connectivity index (χ0n) is 16.1. The molecule has 0 atom stereocenters. The summed E-state index contributed by atoms with van der Waals surface area (Å²) in [7, 11) is -3.64. The molecule has 4 heteroatoms. The van der Waals surface area contributed by atoms with E-state index in [4.69, 9.17) is 4.18 Å². The predicted molar refractivity (Wildman–Crippen MR) is 105 cm³/mol. The lowest BCUT2D eigenvalue weighted by Crippen LogP contribution is -2.07. The zero-order chi connectivity index (χ0) is 18.5. The van der Waals surface area contributed by atoms with Gasteiger partial charge in [-0.05, 0) is 45.2 Å². The summed E-state index contributed by atoms with van der Waals surface area (Å²) in [5, 5.41) is 0. The molecule has 0 aliphatic heterocycles. The minimum atomic E-state index is -3.64. The number of hydrogen-bond acceptors (Lipinski definition) is 3. The summed E-state index contributed by atoms with van der Waals surface area (Å²) in [6.45, 7) is 6.48. The molecule has 0 saturated carbocycles. The topological polar surface area (TPSA) is 43.4 Å². The molecule has 0 aromatic heterocycles. The molecule has 25 heavy (non-hydrogen) atoms. The molecule has 0 radical (unpaired) electrons. The second kappa shape index (κ2) is 12.3. The van der Waals surface area contributed by atoms with Crippen LogP contribution in [0.3, 0.4) is 0 Å². The highest BCUT2D eigenvalue weighted by Gasteiger charge is 2.13. The van der Waals surface area contributed by atoms with Crippen LogP contribution in [0.15, 0.2) is 40.8 Å². The fourth-order valence-electron chi connectivity index (χ4n) is 2.70. The van der Waals surface area contributed by atoms with E-state index in [1.807, 2.05) is 6.92 Å². The molecular weight excluding hydrogens is 332 g/mol. The van der Waals surface area contributed by atoms with Gasteiger partial charge >= 0.3 is 0 Å². The summed E-state index contributed by atoms with van der Waals surface area (Å²) < 4.78 is 29.2. The Bertz CT molecular complexity index is 601. The molecular formula is C21H34O3S. The van der Waals surface area contributed by atoms with Crippen molar-refractivity contribution in [1.29, 1.82) is 0 Å². The van der Waals surface area contributed by atoms with E-state index in [1.54, 1.807) is 24.3 Å². The smallest absolute Gasteiger partial charge is 0.266 e. The first-order chi connectivity index (χ1) is 12.0. The van der Waals surface area contributed by atoms with Crippen LogP contribution in [-0.4, -0.2) is 15.0 Å². The van der Waals surface area contributed by atoms with E-state index in [2.05, 4.69) is 19.9 Å². The second-order valence-corrected chi connectivity index (χ2v) is 8.41. The molecule has 0 heterocycles. The van der Waals surface area contributed by atoms with Crippen LogP contribution in [0.2, 0.25) is 0 Å². The maximum Gasteiger partial charge on any atom is 0.296 e. The minimum absolute atomic E-state index is 0.199. The van der Waals surface area contributed by atoms with Crippen LogP contribution in [-0.2, 0) is 14.3 Å². The van der Waals surface area contributed by atoms with Gasteiger partial charge < -0.3 is 0 Å². The number of allylic oxidation sites excluding steroid dienone is 1. The summed E-state index contributed by atoms with van der Waals surface area (Å²) >= 11 is 0. The van der Waals surface area contributed by atoms with Crippen molar-refractivity contribution in [2.45, 2.75) is 83.5 Å². The summed E-state index contributed by atoms with van der Waals surface area (Å²) in [6, 6.07) is 6.74. The lowest BCUT2D eigenvalue weighted by atomic mass is 10.0. The molecule has 142 valence electrons. The third kappa shape index (κ3) is 9.81. The van der Waals surface area contributed by atoms with E-state index in [0.717, 1.165) is 12.0 Å². The van der Waals surface area contributed by atoms with Crippen molar-refractivity contribution >= 4 is 10.1 Å². The molecule has 1 rings (SSSR count). The van der Waals surface area contributed by atoms with Crippen LogP contribution >= 0.6 is 0 Å². The van der Waals surface area contributed by atoms with Crippen LogP contribution in [0.4, 0.5) is 0 Å². The van der Waals surface area contributed by atoms with E-state index >= 15 is 0 Å². The van der Waals surface area contributed by atoms with Crippen molar-refractivity contribution < 1.29 is 12.6 Å². The molecule has 0 spiro atoms. The van der Waals surface area contributed by atoms with Gasteiger partial charge in [0.1, 0.15) is 0 Å². The highest BCUT2D eigenvalue weighted by molar-refractivity contribution is 7.86. The Morgan fingerprint density at radius 3 is 2.24 bits per heavy atom. The number of benzene rings is 1. The monoisotopic (exact) mass is 366 g/mol. The molecule has 1 aromatic rings. The van der Waals surface area contributed by atoms with Gasteiger partial charge in [-0.25, -0.2) is 0 Å². The van der Waals surface area contributed by atoms with Crippen LogP contribution in [0.25, 0.3) is 0 Å². The van der Waals surface area contributed by atoms with Crippen molar-refractivity contribution in [2.24, 2.45) is 0 Å². The van der Waals surface area contributed by atoms with E-state index < -0.39 is 10.1 Å². The molecule has 0 aliphatic rings. The first-order valence-corrected chi connectivity index (χ1v) is 11.0. The van der Waals surface area contributed by atoms with E-state index in [9.17, 15) is 8.42 Å². The van der Waals surface area contributed by atoms with Gasteiger partial charge in [-0.3, -0.25) is 4.18 Å². The first kappa shape index (κ1) is 21.9. The van der Waals surface area contributed by atoms with E-state index in [-0.39, 0.29) is 11.5 Å². The van der Waals surface area contributed by atoms with Crippen LogP contribution < -0.4 is 0 Å². The van der Waals surface area contributed by atoms with Crippen molar-refractivity contribution in [3.8, 4) is 0 Å². The average molecular weight is 367 g/mol. The molecule has 0 amide bonds. The Morgan fingerprint density at radius 1 is 1.00 bits per heavy atom. The van der Waals surface area contributed by atoms with Gasteiger partial charge in [0, 0.05) is 0 Å². The van der Waals surface area contributed by atoms with Crippen LogP contribution in [0.5, 0.6) is 0 Å². The van der Waals surface area contributed by atoms with Crippen molar-refractivity contribution in [3.63, 3.8) is 0 Å². The molecule has 0 aliphatic carbocycles. The highest BCUT2D eigenvalue weighted by Crippen LogP contribution is 2.15. The third-order valence-corrected chi connectivity index (χ3v) is 5.66. The van der Waals surface area contributed by atoms with Gasteiger partial charge in [-0.1, -0.05) is 74.8 Å². The SMILES string of the molecule is CCCCCCCCC/C(C)=C/CCOS(=O)(=O)c1ccc(C)cc1. The van der Waals surface area contributed by atoms with E-state index in [0.29, 0.717) is 6.42 Å². The number of unbranched alkanes of at least 4 members (excludes halogenated alkanes) is 6. The molecule has 3 nitrogen and oxygen atoms in total. The number of aryl methyl sites for hydroxylation is 1. The average Bonchev–Trinajstić information content (AvgIpc) is 2.58. The number of hydrogen-bond donors (Lipinski definition) is 0. The zero-order valence-corrected chi connectivity index (χ0v) is 16.9. The van der Waals surface area contributed by atoms with Gasteiger partial charge in [-0.15, -0.1) is 0 Å². The van der Waals surface area contributed by atoms with Gasteiger partial charge in [0.05, 0.1) is 11.5 Å². The third-order valence-electron chi connectivity index (χ3n) is 4.33. The van der Waals surface area contributed by atoms with Crippen LogP contribution in [0.1, 0.15) is 77.2 Å². The Balaban J connectivity index is 2.20. The Hall–Kier alpha value is -1.13. The van der Waals surface area contributed by atoms with Gasteiger partial charge in [0.15, 0.2) is 0 Å². The second-order valence-electron chi connectivity index (χ2n) is 6.80. The summed E-state index contributed by atoms with van der Waals surface area (Å²) in [6.07, 6.45) is 13.0. The van der Waals surface area contributed by atoms with Gasteiger partial charge in [-0.2, -0.15) is 8.42 Å². The molecule has 0 bridgehead atoms. The Kier molecular flexibility index (Phi) is 10.7. The summed E-state index contributed by atoms with van der Waals surface area (Å²) in [5.41, 5.74) is 2.35. The maximum atomic E-state index is 12.1. The maximum absolute atomic E-state index is 12.1. The molecule has 0 saturated heterocycles. The van der Waals surface area contributed by atoms with Crippen LogP contribution in [0, 0.1) is 6.92 Å². The lowest BCUT2D eigenvalue weighted by Gasteiger charge is -2.06. The molecule has 0 unspecified atom stereocenters. The molecule has 0 fully saturated rings.